The lowest BCUT2D eigenvalue weighted by atomic mass is 10.1. The molecule has 1 aliphatic heterocycles. The van der Waals surface area contributed by atoms with E-state index >= 15 is 0 Å². The zero-order valence-corrected chi connectivity index (χ0v) is 19.4. The number of hydrogen-bond donors (Lipinski definition) is 0. The first-order chi connectivity index (χ1) is 16.3. The number of carbonyl (C=O) groups excluding carboxylic acids is 3. The van der Waals surface area contributed by atoms with E-state index in [4.69, 9.17) is 11.6 Å². The lowest BCUT2D eigenvalue weighted by molar-refractivity contribution is -0.384. The van der Waals surface area contributed by atoms with E-state index in [-0.39, 0.29) is 28.4 Å². The molecule has 0 spiro atoms. The molecule has 0 bridgehead atoms. The first-order valence-electron chi connectivity index (χ1n) is 9.81. The van der Waals surface area contributed by atoms with Gasteiger partial charge in [0.1, 0.15) is 0 Å². The van der Waals surface area contributed by atoms with Gasteiger partial charge in [0, 0.05) is 22.7 Å². The van der Waals surface area contributed by atoms with Gasteiger partial charge >= 0.3 is 0 Å². The van der Waals surface area contributed by atoms with Gasteiger partial charge in [0.2, 0.25) is 0 Å². The average Bonchev–Trinajstić information content (AvgIpc) is 3.35. The molecule has 3 aromatic carbocycles. The topological polar surface area (TPSA) is 110 Å². The number of rotatable bonds is 6. The molecule has 34 heavy (non-hydrogen) atoms. The number of thioether (sulfide) groups is 1. The van der Waals surface area contributed by atoms with Crippen molar-refractivity contribution >= 4 is 73.9 Å². The summed E-state index contributed by atoms with van der Waals surface area (Å²) in [4.78, 5) is 54.1. The molecule has 4 aromatic rings. The maximum absolute atomic E-state index is 12.9. The molecular weight excluding hydrogens is 498 g/mol. The van der Waals surface area contributed by atoms with Crippen LogP contribution in [0.1, 0.15) is 31.1 Å². The number of halogens is 1. The highest BCUT2D eigenvalue weighted by Gasteiger charge is 2.38. The molecule has 0 N–H and O–H groups in total. The molecule has 8 nitrogen and oxygen atoms in total. The highest BCUT2D eigenvalue weighted by molar-refractivity contribution is 8.01. The molecule has 0 fully saturated rings. The van der Waals surface area contributed by atoms with Crippen molar-refractivity contribution in [1.29, 1.82) is 0 Å². The van der Waals surface area contributed by atoms with Crippen molar-refractivity contribution in [3.8, 4) is 0 Å². The number of fused-ring (bicyclic) bond motifs is 2. The number of imide groups is 1. The smallest absolute Gasteiger partial charge is 0.270 e. The van der Waals surface area contributed by atoms with Gasteiger partial charge in [0.25, 0.3) is 17.5 Å². The third-order valence-electron chi connectivity index (χ3n) is 5.18. The lowest BCUT2D eigenvalue weighted by Crippen LogP contribution is -2.29. The van der Waals surface area contributed by atoms with E-state index < -0.39 is 16.7 Å². The second kappa shape index (κ2) is 8.64. The lowest BCUT2D eigenvalue weighted by Gasteiger charge is -2.13. The molecular formula is C23H12ClN3O5S2. The normalized spacial score (nSPS) is 12.9. The Morgan fingerprint density at radius 1 is 1.03 bits per heavy atom. The van der Waals surface area contributed by atoms with Crippen LogP contribution in [0.15, 0.2) is 65.0 Å². The highest BCUT2D eigenvalue weighted by Crippen LogP contribution is 2.36. The summed E-state index contributed by atoms with van der Waals surface area (Å²) < 4.78 is 1.41. The fraction of sp³-hybridized carbons (Fsp3) is 0.0435. The van der Waals surface area contributed by atoms with Gasteiger partial charge in [-0.25, -0.2) is 9.88 Å². The summed E-state index contributed by atoms with van der Waals surface area (Å²) in [7, 11) is 0. The van der Waals surface area contributed by atoms with E-state index in [1.807, 2.05) is 0 Å². The van der Waals surface area contributed by atoms with E-state index in [2.05, 4.69) is 4.98 Å². The van der Waals surface area contributed by atoms with Gasteiger partial charge in [-0.1, -0.05) is 23.4 Å². The molecule has 0 radical (unpaired) electrons. The summed E-state index contributed by atoms with van der Waals surface area (Å²) in [5, 5.41) is 11.6. The minimum atomic E-state index is -0.615. The van der Waals surface area contributed by atoms with Crippen molar-refractivity contribution in [2.24, 2.45) is 0 Å². The zero-order chi connectivity index (χ0) is 24.0. The number of benzene rings is 3. The van der Waals surface area contributed by atoms with Crippen LogP contribution in [-0.4, -0.2) is 33.3 Å². The fourth-order valence-corrected chi connectivity index (χ4v) is 5.64. The minimum Gasteiger partial charge on any atom is -0.293 e. The monoisotopic (exact) mass is 509 g/mol. The number of non-ortho nitro benzene ring substituents is 1. The first kappa shape index (κ1) is 22.2. The number of carbonyl (C=O) groups is 3. The van der Waals surface area contributed by atoms with Crippen LogP contribution in [0.25, 0.3) is 10.2 Å². The Morgan fingerprint density at radius 2 is 1.76 bits per heavy atom. The minimum absolute atomic E-state index is 0.000517. The molecule has 2 heterocycles. The van der Waals surface area contributed by atoms with Crippen LogP contribution >= 0.6 is 34.7 Å². The van der Waals surface area contributed by atoms with E-state index in [0.717, 1.165) is 15.7 Å². The summed E-state index contributed by atoms with van der Waals surface area (Å²) in [6.07, 6.45) is 0. The second-order valence-electron chi connectivity index (χ2n) is 7.28. The first-order valence-corrected chi connectivity index (χ1v) is 12.0. The Bertz CT molecular complexity index is 1520. The molecule has 11 heteroatoms. The van der Waals surface area contributed by atoms with Crippen molar-refractivity contribution in [2.45, 2.75) is 4.34 Å². The van der Waals surface area contributed by atoms with Gasteiger partial charge in [0.05, 0.1) is 37.7 Å². The molecule has 0 aliphatic carbocycles. The third-order valence-corrected chi connectivity index (χ3v) is 7.60. The average molecular weight is 510 g/mol. The van der Waals surface area contributed by atoms with Crippen LogP contribution < -0.4 is 4.90 Å². The van der Waals surface area contributed by atoms with Crippen LogP contribution in [0.4, 0.5) is 11.4 Å². The Balaban J connectivity index is 1.37. The molecule has 0 unspecified atom stereocenters. The molecule has 1 aliphatic rings. The molecule has 0 saturated heterocycles. The van der Waals surface area contributed by atoms with Gasteiger partial charge in [-0.05, 0) is 48.5 Å². The van der Waals surface area contributed by atoms with Gasteiger partial charge in [-0.3, -0.25) is 24.5 Å². The number of amides is 2. The van der Waals surface area contributed by atoms with Crippen molar-refractivity contribution in [1.82, 2.24) is 4.98 Å². The maximum Gasteiger partial charge on any atom is 0.270 e. The number of Topliss-reactive ketones (excluding diaryl/α,β-unsaturated/α-hetero) is 1. The van der Waals surface area contributed by atoms with E-state index in [1.165, 1.54) is 35.2 Å². The van der Waals surface area contributed by atoms with Crippen LogP contribution in [0.5, 0.6) is 0 Å². The Morgan fingerprint density at radius 3 is 2.50 bits per heavy atom. The maximum atomic E-state index is 12.9. The van der Waals surface area contributed by atoms with Crippen molar-refractivity contribution in [3.63, 3.8) is 0 Å². The number of nitro benzene ring substituents is 1. The molecule has 0 atom stereocenters. The number of ketones is 1. The summed E-state index contributed by atoms with van der Waals surface area (Å²) >= 11 is 8.50. The SMILES string of the molecule is O=C(CSc1nc2ccc(N3C(=O)c4ccc([N+](=O)[O-])cc4C3=O)cc2s1)c1ccc(Cl)cc1. The number of nitro groups is 1. The van der Waals surface area contributed by atoms with Crippen LogP contribution in [0.2, 0.25) is 5.02 Å². The number of hydrogen-bond acceptors (Lipinski definition) is 8. The largest absolute Gasteiger partial charge is 0.293 e. The van der Waals surface area contributed by atoms with Crippen LogP contribution in [0, 0.1) is 10.1 Å². The summed E-state index contributed by atoms with van der Waals surface area (Å²) in [5.74, 6) is -1.01. The number of anilines is 1. The fourth-order valence-electron chi connectivity index (χ4n) is 3.52. The summed E-state index contributed by atoms with van der Waals surface area (Å²) in [6.45, 7) is 0. The molecule has 5 rings (SSSR count). The molecule has 2 amide bonds. The number of aromatic nitrogens is 1. The quantitative estimate of drug-likeness (QED) is 0.109. The van der Waals surface area contributed by atoms with Crippen LogP contribution in [0.3, 0.4) is 0 Å². The Kier molecular flexibility index (Phi) is 5.64. The molecule has 1 aromatic heterocycles. The third kappa shape index (κ3) is 3.96. The molecule has 0 saturated carbocycles. The molecule has 168 valence electrons. The van der Waals surface area contributed by atoms with E-state index in [0.29, 0.717) is 26.1 Å². The predicted molar refractivity (Wildman–Crippen MR) is 130 cm³/mol. The predicted octanol–water partition coefficient (Wildman–Crippen LogP) is 5.63. The summed E-state index contributed by atoms with van der Waals surface area (Å²) in [6, 6.07) is 15.3. The van der Waals surface area contributed by atoms with E-state index in [1.54, 1.807) is 42.5 Å². The van der Waals surface area contributed by atoms with Crippen molar-refractivity contribution in [2.75, 3.05) is 10.7 Å². The van der Waals surface area contributed by atoms with E-state index in [9.17, 15) is 24.5 Å². The summed E-state index contributed by atoms with van der Waals surface area (Å²) in [5.41, 5.74) is 1.44. The Labute approximate surface area is 205 Å². The van der Waals surface area contributed by atoms with Gasteiger partial charge in [-0.2, -0.15) is 0 Å². The van der Waals surface area contributed by atoms with Crippen LogP contribution in [-0.2, 0) is 0 Å². The van der Waals surface area contributed by atoms with Crippen molar-refractivity contribution < 1.29 is 19.3 Å². The number of thiazole rings is 1. The standard InChI is InChI=1S/C23H12ClN3O5S2/c24-13-3-1-12(2-4-13)19(28)11-33-23-25-18-8-6-14(10-20(18)34-23)26-21(29)16-7-5-15(27(31)32)9-17(16)22(26)30/h1-10H,11H2. The second-order valence-corrected chi connectivity index (χ2v) is 9.97. The van der Waals surface area contributed by atoms with Gasteiger partial charge in [0.15, 0.2) is 10.1 Å². The van der Waals surface area contributed by atoms with Gasteiger partial charge < -0.3 is 0 Å². The van der Waals surface area contributed by atoms with Gasteiger partial charge in [-0.15, -0.1) is 11.3 Å². The highest BCUT2D eigenvalue weighted by atomic mass is 35.5. The number of nitrogens with zero attached hydrogens (tertiary/aromatic N) is 3. The Hall–Kier alpha value is -3.60. The zero-order valence-electron chi connectivity index (χ0n) is 17.1. The van der Waals surface area contributed by atoms with Crippen molar-refractivity contribution in [3.05, 3.63) is 92.5 Å².